The number of rotatable bonds is 11. The summed E-state index contributed by atoms with van der Waals surface area (Å²) in [6, 6.07) is 13.6. The monoisotopic (exact) mass is 549 g/mol. The summed E-state index contributed by atoms with van der Waals surface area (Å²) in [5.41, 5.74) is 1.32. The van der Waals surface area contributed by atoms with E-state index in [9.17, 15) is 19.5 Å². The lowest BCUT2D eigenvalue weighted by Crippen LogP contribution is -2.59. The van der Waals surface area contributed by atoms with E-state index in [1.807, 2.05) is 12.1 Å². The third kappa shape index (κ3) is 7.79. The van der Waals surface area contributed by atoms with Crippen LogP contribution in [-0.2, 0) is 11.2 Å². The van der Waals surface area contributed by atoms with E-state index in [0.717, 1.165) is 12.8 Å². The van der Waals surface area contributed by atoms with Gasteiger partial charge in [-0.3, -0.25) is 0 Å². The topological polar surface area (TPSA) is 108 Å². The molecule has 1 atom stereocenters. The summed E-state index contributed by atoms with van der Waals surface area (Å²) >= 11 is 0. The highest BCUT2D eigenvalue weighted by Crippen LogP contribution is 2.31. The molecular formula is C31H39N3O6. The average Bonchev–Trinajstić information content (AvgIpc) is 3.34. The van der Waals surface area contributed by atoms with E-state index in [0.29, 0.717) is 11.3 Å². The van der Waals surface area contributed by atoms with Gasteiger partial charge in [-0.15, -0.1) is 0 Å². The van der Waals surface area contributed by atoms with Crippen LogP contribution in [0.2, 0.25) is 0 Å². The smallest absolute Gasteiger partial charge is 0.410 e. The van der Waals surface area contributed by atoms with Crippen LogP contribution in [0.1, 0.15) is 75.7 Å². The SMILES string of the molecule is CCCCCCc1ccc(C(=O)Oc2ccc([N+]3(C(=O)[O-])C=CN=C3CCN(C)C(=O)OC(C)(C)C)cc2)cc1. The zero-order valence-corrected chi connectivity index (χ0v) is 24.0. The molecule has 0 bridgehead atoms. The van der Waals surface area contributed by atoms with Crippen molar-refractivity contribution in [2.75, 3.05) is 13.6 Å². The molecule has 0 N–H and O–H groups in total. The maximum Gasteiger partial charge on any atom is 0.410 e. The van der Waals surface area contributed by atoms with Crippen LogP contribution < -0.4 is 14.3 Å². The van der Waals surface area contributed by atoms with Gasteiger partial charge in [0, 0.05) is 25.7 Å². The molecule has 0 saturated heterocycles. The molecule has 0 radical (unpaired) electrons. The van der Waals surface area contributed by atoms with Gasteiger partial charge < -0.3 is 24.3 Å². The van der Waals surface area contributed by atoms with E-state index < -0.39 is 28.2 Å². The van der Waals surface area contributed by atoms with Crippen molar-refractivity contribution >= 4 is 29.7 Å². The minimum atomic E-state index is -1.40. The van der Waals surface area contributed by atoms with Gasteiger partial charge in [0.05, 0.1) is 18.2 Å². The predicted octanol–water partition coefficient (Wildman–Crippen LogP) is 5.82. The summed E-state index contributed by atoms with van der Waals surface area (Å²) in [5.74, 6) is 0.0535. The van der Waals surface area contributed by atoms with Crippen LogP contribution in [0.15, 0.2) is 65.9 Å². The van der Waals surface area contributed by atoms with Gasteiger partial charge in [0.15, 0.2) is 0 Å². The third-order valence-corrected chi connectivity index (χ3v) is 6.55. The Bertz CT molecular complexity index is 1250. The van der Waals surface area contributed by atoms with E-state index in [4.69, 9.17) is 9.47 Å². The second-order valence-corrected chi connectivity index (χ2v) is 10.9. The van der Waals surface area contributed by atoms with Gasteiger partial charge in [0.25, 0.3) is 6.09 Å². The Morgan fingerprint density at radius 2 is 1.62 bits per heavy atom. The summed E-state index contributed by atoms with van der Waals surface area (Å²) in [4.78, 5) is 43.0. The Hall–Kier alpha value is -3.98. The standard InChI is InChI=1S/C31H39N3O6/c1-6-7-8-9-10-23-11-13-24(14-12-23)28(35)39-26-17-15-25(16-18-26)34(30(37)38)22-20-32-27(34)19-21-33(5)29(36)40-31(2,3)4/h11-18,20,22H,6-10,19,21H2,1-5H3. The van der Waals surface area contributed by atoms with Gasteiger partial charge in [0.1, 0.15) is 23.2 Å². The van der Waals surface area contributed by atoms with Gasteiger partial charge >= 0.3 is 12.1 Å². The Morgan fingerprint density at radius 3 is 2.23 bits per heavy atom. The lowest BCUT2D eigenvalue weighted by Gasteiger charge is -2.32. The van der Waals surface area contributed by atoms with Crippen LogP contribution in [0.3, 0.4) is 0 Å². The number of carboxylic acid groups (broad SMARTS) is 1. The molecule has 0 saturated carbocycles. The Morgan fingerprint density at radius 1 is 0.950 bits per heavy atom. The number of unbranched alkanes of at least 4 members (excludes halogenated alkanes) is 3. The van der Waals surface area contributed by atoms with Crippen LogP contribution in [0.5, 0.6) is 5.75 Å². The van der Waals surface area contributed by atoms with Crippen LogP contribution in [0, 0.1) is 0 Å². The number of amidine groups is 1. The number of carbonyl (C=O) groups is 3. The summed E-state index contributed by atoms with van der Waals surface area (Å²) in [5, 5.41) is 12.4. The van der Waals surface area contributed by atoms with E-state index in [1.165, 1.54) is 54.3 Å². The zero-order valence-electron chi connectivity index (χ0n) is 24.0. The van der Waals surface area contributed by atoms with Crippen molar-refractivity contribution in [3.63, 3.8) is 0 Å². The zero-order chi connectivity index (χ0) is 29.3. The second kappa shape index (κ2) is 13.4. The quantitative estimate of drug-likeness (QED) is 0.151. The number of aryl methyl sites for hydroxylation is 1. The molecule has 0 aromatic heterocycles. The first-order valence-electron chi connectivity index (χ1n) is 13.7. The van der Waals surface area contributed by atoms with Crippen molar-refractivity contribution in [2.24, 2.45) is 4.99 Å². The number of esters is 1. The number of aliphatic imine (C=N–C) groups is 1. The second-order valence-electron chi connectivity index (χ2n) is 10.9. The summed E-state index contributed by atoms with van der Waals surface area (Å²) in [6.45, 7) is 7.69. The largest absolute Gasteiger partial charge is 0.497 e. The lowest BCUT2D eigenvalue weighted by atomic mass is 10.0. The molecule has 40 heavy (non-hydrogen) atoms. The summed E-state index contributed by atoms with van der Waals surface area (Å²) in [7, 11) is 1.58. The van der Waals surface area contributed by atoms with Crippen molar-refractivity contribution in [1.82, 2.24) is 9.38 Å². The third-order valence-electron chi connectivity index (χ3n) is 6.55. The highest BCUT2D eigenvalue weighted by molar-refractivity contribution is 6.10. The highest BCUT2D eigenvalue weighted by Gasteiger charge is 2.41. The molecule has 0 fully saturated rings. The molecule has 1 unspecified atom stereocenters. The maximum absolute atomic E-state index is 12.7. The minimum Gasteiger partial charge on any atom is -0.497 e. The molecule has 1 aliphatic rings. The highest BCUT2D eigenvalue weighted by atomic mass is 16.6. The van der Waals surface area contributed by atoms with Gasteiger partial charge in [-0.25, -0.2) is 14.6 Å². The molecule has 2 aromatic rings. The van der Waals surface area contributed by atoms with E-state index in [1.54, 1.807) is 52.1 Å². The van der Waals surface area contributed by atoms with Gasteiger partial charge in [0.2, 0.25) is 5.84 Å². The number of ether oxygens (including phenoxy) is 2. The van der Waals surface area contributed by atoms with Gasteiger partial charge in [-0.1, -0.05) is 38.3 Å². The minimum absolute atomic E-state index is 0.169. The number of benzene rings is 2. The number of amides is 2. The molecule has 3 rings (SSSR count). The van der Waals surface area contributed by atoms with Crippen molar-refractivity contribution in [3.8, 4) is 5.75 Å². The molecule has 9 nitrogen and oxygen atoms in total. The van der Waals surface area contributed by atoms with Crippen molar-refractivity contribution in [1.29, 1.82) is 0 Å². The summed E-state index contributed by atoms with van der Waals surface area (Å²) < 4.78 is 10.1. The Kier molecular flexibility index (Phi) is 10.2. The van der Waals surface area contributed by atoms with Gasteiger partial charge in [-0.2, -0.15) is 4.48 Å². The lowest BCUT2D eigenvalue weighted by molar-refractivity contribution is -0.257. The fraction of sp³-hybridized carbons (Fsp3) is 0.419. The number of quaternary nitrogens is 1. The fourth-order valence-electron chi connectivity index (χ4n) is 4.32. The Labute approximate surface area is 236 Å². The first-order valence-corrected chi connectivity index (χ1v) is 13.7. The number of carbonyl (C=O) groups excluding carboxylic acids is 3. The van der Waals surface area contributed by atoms with E-state index in [-0.39, 0.29) is 24.6 Å². The molecule has 2 amide bonds. The van der Waals surface area contributed by atoms with Crippen molar-refractivity contribution < 1.29 is 29.0 Å². The van der Waals surface area contributed by atoms with Crippen LogP contribution in [0.4, 0.5) is 15.3 Å². The molecule has 9 heteroatoms. The molecule has 2 aromatic carbocycles. The molecule has 1 aliphatic heterocycles. The van der Waals surface area contributed by atoms with Crippen molar-refractivity contribution in [3.05, 3.63) is 72.1 Å². The first kappa shape index (κ1) is 30.6. The number of hydrogen-bond donors (Lipinski definition) is 0. The fourth-order valence-corrected chi connectivity index (χ4v) is 4.32. The molecule has 0 aliphatic carbocycles. The average molecular weight is 550 g/mol. The Balaban J connectivity index is 1.65. The molecule has 0 spiro atoms. The number of nitrogens with zero attached hydrogens (tertiary/aromatic N) is 3. The van der Waals surface area contributed by atoms with Crippen LogP contribution in [-0.4, -0.2) is 48.1 Å². The number of hydrogen-bond acceptors (Lipinski definition) is 7. The predicted molar refractivity (Wildman–Crippen MR) is 153 cm³/mol. The van der Waals surface area contributed by atoms with Crippen molar-refractivity contribution in [2.45, 2.75) is 71.8 Å². The maximum atomic E-state index is 12.7. The van der Waals surface area contributed by atoms with Crippen LogP contribution in [0.25, 0.3) is 0 Å². The van der Waals surface area contributed by atoms with Gasteiger partial charge in [-0.05, 0) is 63.4 Å². The van der Waals surface area contributed by atoms with E-state index >= 15 is 0 Å². The molecular weight excluding hydrogens is 510 g/mol. The molecule has 1 heterocycles. The molecule has 214 valence electrons. The summed E-state index contributed by atoms with van der Waals surface area (Å²) in [6.07, 6.45) is 6.78. The van der Waals surface area contributed by atoms with Crippen LogP contribution >= 0.6 is 0 Å². The normalized spacial score (nSPS) is 16.4. The van der Waals surface area contributed by atoms with E-state index in [2.05, 4.69) is 11.9 Å². The first-order chi connectivity index (χ1) is 19.0.